The molecule has 0 radical (unpaired) electrons. The molecular weight excluding hydrogens is 356 g/mol. The molecule has 1 aromatic rings. The molecule has 1 N–H and O–H groups in total. The lowest BCUT2D eigenvalue weighted by atomic mass is 10.1. The van der Waals surface area contributed by atoms with Gasteiger partial charge in [0.2, 0.25) is 5.91 Å². The van der Waals surface area contributed by atoms with Crippen LogP contribution in [0, 0.1) is 11.6 Å². The van der Waals surface area contributed by atoms with E-state index in [-0.39, 0.29) is 30.5 Å². The fourth-order valence-electron chi connectivity index (χ4n) is 3.42. The van der Waals surface area contributed by atoms with Crippen LogP contribution in [0.15, 0.2) is 18.2 Å². The molecule has 2 amide bonds. The van der Waals surface area contributed by atoms with Crippen molar-refractivity contribution in [3.05, 3.63) is 35.4 Å². The zero-order valence-electron chi connectivity index (χ0n) is 15.3. The number of hydrogen-bond acceptors (Lipinski definition) is 4. The second-order valence-corrected chi connectivity index (χ2v) is 6.90. The van der Waals surface area contributed by atoms with E-state index < -0.39 is 17.5 Å². The van der Waals surface area contributed by atoms with Crippen molar-refractivity contribution in [2.24, 2.45) is 0 Å². The molecule has 8 heteroatoms. The molecular formula is C19H25F2N3O3. The van der Waals surface area contributed by atoms with Crippen LogP contribution in [-0.4, -0.2) is 73.6 Å². The molecule has 0 aliphatic carbocycles. The summed E-state index contributed by atoms with van der Waals surface area (Å²) in [5.74, 6) is -2.48. The van der Waals surface area contributed by atoms with Crippen LogP contribution < -0.4 is 5.32 Å². The molecule has 0 saturated carbocycles. The standard InChI is InChI=1S/C19H25F2N3O3/c20-16-4-3-14(12-17(16)21)19(26)24(13-15-2-1-11-27-15)8-5-18(25)23-9-6-22-7-10-23/h3-4,12,15,22H,1-2,5-11,13H2/t15-/m0/s1. The summed E-state index contributed by atoms with van der Waals surface area (Å²) in [7, 11) is 0. The first-order chi connectivity index (χ1) is 13.0. The predicted octanol–water partition coefficient (Wildman–Crippen LogP) is 1.41. The Labute approximate surface area is 157 Å². The van der Waals surface area contributed by atoms with Gasteiger partial charge in [0, 0.05) is 57.9 Å². The molecule has 0 spiro atoms. The average molecular weight is 381 g/mol. The molecule has 6 nitrogen and oxygen atoms in total. The molecule has 0 unspecified atom stereocenters. The molecule has 148 valence electrons. The Bertz CT molecular complexity index is 674. The molecule has 0 bridgehead atoms. The topological polar surface area (TPSA) is 61.9 Å². The van der Waals surface area contributed by atoms with E-state index in [0.717, 1.165) is 38.1 Å². The van der Waals surface area contributed by atoms with E-state index in [4.69, 9.17) is 4.74 Å². The van der Waals surface area contributed by atoms with Crippen LogP contribution in [0.2, 0.25) is 0 Å². The summed E-state index contributed by atoms with van der Waals surface area (Å²) in [5, 5.41) is 3.19. The van der Waals surface area contributed by atoms with Gasteiger partial charge in [-0.1, -0.05) is 0 Å². The summed E-state index contributed by atoms with van der Waals surface area (Å²) in [4.78, 5) is 28.5. The Balaban J connectivity index is 1.66. The summed E-state index contributed by atoms with van der Waals surface area (Å²) in [6, 6.07) is 3.11. The molecule has 1 aromatic carbocycles. The highest BCUT2D eigenvalue weighted by molar-refractivity contribution is 5.94. The third kappa shape index (κ3) is 5.23. The van der Waals surface area contributed by atoms with Crippen molar-refractivity contribution in [3.63, 3.8) is 0 Å². The van der Waals surface area contributed by atoms with Gasteiger partial charge in [-0.05, 0) is 31.0 Å². The molecule has 27 heavy (non-hydrogen) atoms. The maximum Gasteiger partial charge on any atom is 0.254 e. The van der Waals surface area contributed by atoms with Crippen molar-refractivity contribution >= 4 is 11.8 Å². The summed E-state index contributed by atoms with van der Waals surface area (Å²) < 4.78 is 32.3. The van der Waals surface area contributed by atoms with E-state index >= 15 is 0 Å². The van der Waals surface area contributed by atoms with Crippen molar-refractivity contribution in [1.82, 2.24) is 15.1 Å². The first kappa shape index (κ1) is 19.7. The molecule has 1 atom stereocenters. The van der Waals surface area contributed by atoms with Crippen molar-refractivity contribution in [3.8, 4) is 0 Å². The number of rotatable bonds is 6. The highest BCUT2D eigenvalue weighted by atomic mass is 19.2. The van der Waals surface area contributed by atoms with Gasteiger partial charge < -0.3 is 19.9 Å². The molecule has 0 aromatic heterocycles. The average Bonchev–Trinajstić information content (AvgIpc) is 3.20. The van der Waals surface area contributed by atoms with Gasteiger partial charge in [0.1, 0.15) is 0 Å². The van der Waals surface area contributed by atoms with Crippen LogP contribution in [0.1, 0.15) is 29.6 Å². The van der Waals surface area contributed by atoms with Gasteiger partial charge in [-0.2, -0.15) is 0 Å². The largest absolute Gasteiger partial charge is 0.376 e. The lowest BCUT2D eigenvalue weighted by molar-refractivity contribution is -0.132. The number of nitrogens with zero attached hydrogens (tertiary/aromatic N) is 2. The lowest BCUT2D eigenvalue weighted by Crippen LogP contribution is -2.47. The normalized spacial score (nSPS) is 19.9. The van der Waals surface area contributed by atoms with Crippen LogP contribution in [0.5, 0.6) is 0 Å². The van der Waals surface area contributed by atoms with E-state index in [9.17, 15) is 18.4 Å². The molecule has 3 rings (SSSR count). The Hall–Kier alpha value is -2.06. The van der Waals surface area contributed by atoms with Crippen LogP contribution >= 0.6 is 0 Å². The molecule has 2 aliphatic rings. The van der Waals surface area contributed by atoms with Crippen LogP contribution in [0.25, 0.3) is 0 Å². The third-order valence-corrected chi connectivity index (χ3v) is 4.97. The first-order valence-corrected chi connectivity index (χ1v) is 9.39. The second kappa shape index (κ2) is 9.23. The lowest BCUT2D eigenvalue weighted by Gasteiger charge is -2.30. The molecule has 2 saturated heterocycles. The number of carbonyl (C=O) groups excluding carboxylic acids is 2. The Morgan fingerprint density at radius 2 is 2.00 bits per heavy atom. The van der Waals surface area contributed by atoms with Gasteiger partial charge in [0.25, 0.3) is 5.91 Å². The van der Waals surface area contributed by atoms with Crippen molar-refractivity contribution in [1.29, 1.82) is 0 Å². The van der Waals surface area contributed by atoms with Crippen molar-refractivity contribution < 1.29 is 23.1 Å². The van der Waals surface area contributed by atoms with Gasteiger partial charge >= 0.3 is 0 Å². The quantitative estimate of drug-likeness (QED) is 0.809. The van der Waals surface area contributed by atoms with E-state index in [1.165, 1.54) is 11.0 Å². The number of amides is 2. The maximum atomic E-state index is 13.5. The third-order valence-electron chi connectivity index (χ3n) is 4.97. The predicted molar refractivity (Wildman–Crippen MR) is 95.3 cm³/mol. The van der Waals surface area contributed by atoms with E-state index in [2.05, 4.69) is 5.32 Å². The summed E-state index contributed by atoms with van der Waals surface area (Å²) >= 11 is 0. The molecule has 2 fully saturated rings. The van der Waals surface area contributed by atoms with Gasteiger partial charge in [0.05, 0.1) is 6.10 Å². The second-order valence-electron chi connectivity index (χ2n) is 6.90. The number of ether oxygens (including phenoxy) is 1. The number of carbonyl (C=O) groups is 2. The zero-order valence-corrected chi connectivity index (χ0v) is 15.3. The van der Waals surface area contributed by atoms with E-state index in [1.54, 1.807) is 4.90 Å². The van der Waals surface area contributed by atoms with E-state index in [0.29, 0.717) is 26.2 Å². The highest BCUT2D eigenvalue weighted by Gasteiger charge is 2.25. The minimum Gasteiger partial charge on any atom is -0.376 e. The Kier molecular flexibility index (Phi) is 6.73. The number of nitrogens with one attached hydrogen (secondary N) is 1. The van der Waals surface area contributed by atoms with Gasteiger partial charge in [-0.3, -0.25) is 9.59 Å². The summed E-state index contributed by atoms with van der Waals surface area (Å²) in [6.07, 6.45) is 1.88. The van der Waals surface area contributed by atoms with Gasteiger partial charge in [-0.25, -0.2) is 8.78 Å². The van der Waals surface area contributed by atoms with E-state index in [1.807, 2.05) is 0 Å². The van der Waals surface area contributed by atoms with Crippen molar-refractivity contribution in [2.75, 3.05) is 45.9 Å². The summed E-state index contributed by atoms with van der Waals surface area (Å²) in [5.41, 5.74) is 0.0709. The highest BCUT2D eigenvalue weighted by Crippen LogP contribution is 2.17. The van der Waals surface area contributed by atoms with Crippen LogP contribution in [-0.2, 0) is 9.53 Å². The smallest absolute Gasteiger partial charge is 0.254 e. The van der Waals surface area contributed by atoms with Crippen LogP contribution in [0.4, 0.5) is 8.78 Å². The minimum atomic E-state index is -1.06. The van der Waals surface area contributed by atoms with Crippen LogP contribution in [0.3, 0.4) is 0 Å². The number of benzene rings is 1. The summed E-state index contributed by atoms with van der Waals surface area (Å²) in [6.45, 7) is 4.05. The Morgan fingerprint density at radius 3 is 2.67 bits per heavy atom. The van der Waals surface area contributed by atoms with Gasteiger partial charge in [-0.15, -0.1) is 0 Å². The number of halogens is 2. The van der Waals surface area contributed by atoms with Gasteiger partial charge in [0.15, 0.2) is 11.6 Å². The minimum absolute atomic E-state index is 0.00748. The van der Waals surface area contributed by atoms with Crippen molar-refractivity contribution in [2.45, 2.75) is 25.4 Å². The zero-order chi connectivity index (χ0) is 19.2. The number of piperazine rings is 1. The fourth-order valence-corrected chi connectivity index (χ4v) is 3.42. The maximum absolute atomic E-state index is 13.5. The molecule has 2 heterocycles. The monoisotopic (exact) mass is 381 g/mol. The number of hydrogen-bond donors (Lipinski definition) is 1. The molecule has 2 aliphatic heterocycles. The SMILES string of the molecule is O=C(CCN(C[C@@H]1CCCO1)C(=O)c1ccc(F)c(F)c1)N1CCNCC1. The first-order valence-electron chi connectivity index (χ1n) is 9.39. The fraction of sp³-hybridized carbons (Fsp3) is 0.579. The Morgan fingerprint density at radius 1 is 1.22 bits per heavy atom.